The maximum absolute atomic E-state index is 12.2. The lowest BCUT2D eigenvalue weighted by molar-refractivity contribution is -0.154. The highest BCUT2D eigenvalue weighted by atomic mass is 32.2. The molecule has 0 bridgehead atoms. The van der Waals surface area contributed by atoms with Gasteiger partial charge in [0, 0.05) is 12.1 Å². The summed E-state index contributed by atoms with van der Waals surface area (Å²) < 4.78 is 36.9. The average Bonchev–Trinajstić information content (AvgIpc) is 2.43. The summed E-state index contributed by atoms with van der Waals surface area (Å²) in [6.45, 7) is 13.0. The molecule has 1 N–H and O–H groups in total. The Morgan fingerprint density at radius 1 is 1.07 bits per heavy atom. The molecule has 0 saturated heterocycles. The zero-order valence-corrected chi connectivity index (χ0v) is 18.6. The molecule has 0 heterocycles. The van der Waals surface area contributed by atoms with Crippen LogP contribution in [0.4, 0.5) is 0 Å². The summed E-state index contributed by atoms with van der Waals surface area (Å²) in [5.41, 5.74) is -0.864. The van der Waals surface area contributed by atoms with Crippen LogP contribution in [0, 0.1) is 5.41 Å². The highest BCUT2D eigenvalue weighted by Gasteiger charge is 2.34. The Balaban J connectivity index is 5.28. The summed E-state index contributed by atoms with van der Waals surface area (Å²) in [7, 11) is -3.51. The topological polar surface area (TPSA) is 110 Å². The number of carboxylic acids is 1. The Hall–Kier alpha value is -1.19. The van der Waals surface area contributed by atoms with Crippen LogP contribution in [0.25, 0.3) is 0 Å². The number of rotatable bonds is 10. The number of hydrogen-bond donors (Lipinski definition) is 1. The van der Waals surface area contributed by atoms with Gasteiger partial charge in [0.05, 0.1) is 25.2 Å². The number of aliphatic carboxylic acids is 1. The van der Waals surface area contributed by atoms with Gasteiger partial charge in [0.2, 0.25) is 10.0 Å². The van der Waals surface area contributed by atoms with E-state index in [1.54, 1.807) is 20.8 Å². The zero-order valence-electron chi connectivity index (χ0n) is 17.7. The molecule has 0 aromatic heterocycles. The van der Waals surface area contributed by atoms with E-state index in [4.69, 9.17) is 14.6 Å². The van der Waals surface area contributed by atoms with Crippen LogP contribution >= 0.6 is 0 Å². The number of carbonyl (C=O) groups excluding carboxylic acids is 1. The first-order valence-electron chi connectivity index (χ1n) is 8.95. The third-order valence-electron chi connectivity index (χ3n) is 4.11. The van der Waals surface area contributed by atoms with Gasteiger partial charge in [0.15, 0.2) is 0 Å². The highest BCUT2D eigenvalue weighted by molar-refractivity contribution is 7.88. The number of carbonyl (C=O) groups is 2. The van der Waals surface area contributed by atoms with Gasteiger partial charge in [-0.2, -0.15) is 4.31 Å². The molecule has 0 rings (SSSR count). The van der Waals surface area contributed by atoms with Crippen molar-refractivity contribution in [2.45, 2.75) is 79.1 Å². The lowest BCUT2D eigenvalue weighted by atomic mass is 9.90. The van der Waals surface area contributed by atoms with Crippen LogP contribution in [0.5, 0.6) is 0 Å². The monoisotopic (exact) mass is 409 g/mol. The van der Waals surface area contributed by atoms with Crippen LogP contribution < -0.4 is 0 Å². The van der Waals surface area contributed by atoms with Crippen molar-refractivity contribution in [1.29, 1.82) is 0 Å². The van der Waals surface area contributed by atoms with Crippen molar-refractivity contribution in [3.63, 3.8) is 0 Å². The molecule has 160 valence electrons. The van der Waals surface area contributed by atoms with Gasteiger partial charge in [-0.1, -0.05) is 20.8 Å². The molecule has 0 aromatic carbocycles. The molecule has 9 heteroatoms. The van der Waals surface area contributed by atoms with E-state index in [0.29, 0.717) is 0 Å². The van der Waals surface area contributed by atoms with Crippen LogP contribution in [0.1, 0.15) is 61.3 Å². The number of esters is 1. The molecular formula is C18H35NO7S. The first kappa shape index (κ1) is 25.8. The molecule has 0 spiro atoms. The van der Waals surface area contributed by atoms with E-state index < -0.39 is 33.6 Å². The number of carboxylic acid groups (broad SMARTS) is 1. The third-order valence-corrected chi connectivity index (χ3v) is 5.60. The van der Waals surface area contributed by atoms with Crippen LogP contribution in [0.2, 0.25) is 0 Å². The summed E-state index contributed by atoms with van der Waals surface area (Å²) >= 11 is 0. The quantitative estimate of drug-likeness (QED) is 0.551. The lowest BCUT2D eigenvalue weighted by Gasteiger charge is -2.38. The number of sulfonamides is 1. The van der Waals surface area contributed by atoms with Crippen molar-refractivity contribution in [3.05, 3.63) is 0 Å². The van der Waals surface area contributed by atoms with E-state index in [-0.39, 0.29) is 37.5 Å². The number of nitrogens with zero attached hydrogens (tertiary/aromatic N) is 1. The molecule has 0 aliphatic heterocycles. The van der Waals surface area contributed by atoms with Crippen molar-refractivity contribution in [2.24, 2.45) is 5.41 Å². The number of hydrogen-bond acceptors (Lipinski definition) is 6. The Kier molecular flexibility index (Phi) is 9.40. The largest absolute Gasteiger partial charge is 0.481 e. The second-order valence-electron chi connectivity index (χ2n) is 8.81. The Bertz CT molecular complexity index is 602. The SMILES string of the molecule is C[C@H](O[C@H](COC(=O)CCC(=O)O)CN(C(C)(C)C)S(C)(=O)=O)C(C)(C)C. The highest BCUT2D eigenvalue weighted by Crippen LogP contribution is 2.25. The number of ether oxygens (including phenoxy) is 2. The molecule has 27 heavy (non-hydrogen) atoms. The van der Waals surface area contributed by atoms with Crippen molar-refractivity contribution in [3.8, 4) is 0 Å². The van der Waals surface area contributed by atoms with E-state index in [0.717, 1.165) is 6.26 Å². The third kappa shape index (κ3) is 10.7. The molecule has 0 saturated carbocycles. The molecule has 0 aliphatic carbocycles. The molecule has 0 amide bonds. The predicted molar refractivity (Wildman–Crippen MR) is 103 cm³/mol. The summed E-state index contributed by atoms with van der Waals surface area (Å²) in [5, 5.41) is 8.64. The second kappa shape index (κ2) is 9.84. The molecule has 0 radical (unpaired) electrons. The van der Waals surface area contributed by atoms with Gasteiger partial charge in [-0.15, -0.1) is 0 Å². The molecule has 0 aromatic rings. The maximum Gasteiger partial charge on any atom is 0.306 e. The fourth-order valence-corrected chi connectivity index (χ4v) is 3.62. The van der Waals surface area contributed by atoms with E-state index >= 15 is 0 Å². The van der Waals surface area contributed by atoms with E-state index in [2.05, 4.69) is 0 Å². The molecule has 2 atom stereocenters. The zero-order chi connectivity index (χ0) is 21.6. The molecule has 0 aliphatic rings. The minimum absolute atomic E-state index is 0.0228. The van der Waals surface area contributed by atoms with Crippen molar-refractivity contribution >= 4 is 22.0 Å². The summed E-state index contributed by atoms with van der Waals surface area (Å²) in [5.74, 6) is -1.74. The first-order chi connectivity index (χ1) is 11.9. The predicted octanol–water partition coefficient (Wildman–Crippen LogP) is 2.27. The minimum Gasteiger partial charge on any atom is -0.481 e. The fourth-order valence-electron chi connectivity index (χ4n) is 2.19. The van der Waals surface area contributed by atoms with E-state index in [1.165, 1.54) is 4.31 Å². The van der Waals surface area contributed by atoms with Gasteiger partial charge in [-0.3, -0.25) is 9.59 Å². The van der Waals surface area contributed by atoms with Gasteiger partial charge in [0.25, 0.3) is 0 Å². The summed E-state index contributed by atoms with van der Waals surface area (Å²) in [6, 6.07) is 0. The summed E-state index contributed by atoms with van der Waals surface area (Å²) in [6.07, 6.45) is -0.336. The van der Waals surface area contributed by atoms with E-state index in [1.807, 2.05) is 27.7 Å². The van der Waals surface area contributed by atoms with Gasteiger partial charge in [-0.05, 0) is 33.1 Å². The van der Waals surface area contributed by atoms with Crippen molar-refractivity contribution in [2.75, 3.05) is 19.4 Å². The standard InChI is InChI=1S/C18H35NO7S/c1-13(17(2,3)4)26-14(12-25-16(22)10-9-15(20)21)11-19(18(5,6)7)27(8,23)24/h13-14H,9-12H2,1-8H3,(H,20,21)/t13-,14-/m0/s1. The van der Waals surface area contributed by atoms with Gasteiger partial charge < -0.3 is 14.6 Å². The molecular weight excluding hydrogens is 374 g/mol. The Labute approximate surface area is 163 Å². The van der Waals surface area contributed by atoms with E-state index in [9.17, 15) is 18.0 Å². The molecule has 0 unspecified atom stereocenters. The average molecular weight is 410 g/mol. The normalized spacial score (nSPS) is 15.4. The maximum atomic E-state index is 12.2. The smallest absolute Gasteiger partial charge is 0.306 e. The summed E-state index contributed by atoms with van der Waals surface area (Å²) in [4.78, 5) is 22.3. The van der Waals surface area contributed by atoms with Gasteiger partial charge >= 0.3 is 11.9 Å². The first-order valence-corrected chi connectivity index (χ1v) is 10.8. The Morgan fingerprint density at radius 3 is 1.96 bits per heavy atom. The Morgan fingerprint density at radius 2 is 1.59 bits per heavy atom. The van der Waals surface area contributed by atoms with Crippen LogP contribution in [-0.4, -0.2) is 66.9 Å². The molecule has 0 fully saturated rings. The van der Waals surface area contributed by atoms with Gasteiger partial charge in [0.1, 0.15) is 12.7 Å². The lowest BCUT2D eigenvalue weighted by Crippen LogP contribution is -2.51. The van der Waals surface area contributed by atoms with Crippen LogP contribution in [0.15, 0.2) is 0 Å². The van der Waals surface area contributed by atoms with Gasteiger partial charge in [-0.25, -0.2) is 8.42 Å². The van der Waals surface area contributed by atoms with Crippen LogP contribution in [-0.2, 0) is 29.1 Å². The second-order valence-corrected chi connectivity index (χ2v) is 10.7. The van der Waals surface area contributed by atoms with Crippen molar-refractivity contribution in [1.82, 2.24) is 4.31 Å². The van der Waals surface area contributed by atoms with Crippen LogP contribution in [0.3, 0.4) is 0 Å². The fraction of sp³-hybridized carbons (Fsp3) is 0.889. The van der Waals surface area contributed by atoms with Crippen molar-refractivity contribution < 1.29 is 32.6 Å². The molecule has 8 nitrogen and oxygen atoms in total. The minimum atomic E-state index is -3.51.